The molecule has 19 heavy (non-hydrogen) atoms. The molecule has 1 N–H and O–H groups in total. The Morgan fingerprint density at radius 3 is 2.47 bits per heavy atom. The average Bonchev–Trinajstić information content (AvgIpc) is 2.27. The Morgan fingerprint density at radius 1 is 1.37 bits per heavy atom. The van der Waals surface area contributed by atoms with Crippen molar-refractivity contribution in [1.29, 1.82) is 0 Å². The largest absolute Gasteiger partial charge is 0.330 e. The number of carbonyl (C=O) groups is 2. The Morgan fingerprint density at radius 2 is 2.00 bits per heavy atom. The highest BCUT2D eigenvalue weighted by molar-refractivity contribution is 6.39. The van der Waals surface area contributed by atoms with Crippen LogP contribution in [0, 0.1) is 6.92 Å². The minimum absolute atomic E-state index is 0.386. The van der Waals surface area contributed by atoms with Gasteiger partial charge in [0.05, 0.1) is 0 Å². The van der Waals surface area contributed by atoms with Crippen molar-refractivity contribution in [2.45, 2.75) is 40.2 Å². The van der Waals surface area contributed by atoms with E-state index in [4.69, 9.17) is 0 Å². The number of nitrogens with zero attached hydrogens (tertiary/aromatic N) is 2. The molecule has 0 aliphatic carbocycles. The van der Waals surface area contributed by atoms with Crippen LogP contribution < -0.4 is 5.32 Å². The summed E-state index contributed by atoms with van der Waals surface area (Å²) in [7, 11) is 0. The lowest BCUT2D eigenvalue weighted by atomic mass is 10.1. The van der Waals surface area contributed by atoms with Crippen molar-refractivity contribution in [3.8, 4) is 0 Å². The summed E-state index contributed by atoms with van der Waals surface area (Å²) >= 11 is 0. The standard InChI is InChI=1S/C14H21N3O2/c1-6-17(14(3,4)5)13(19)12(18)16-11-9-10(2)7-8-15-11/h7-9H,6H2,1-5H3,(H,15,16,18). The molecule has 0 spiro atoms. The Balaban J connectivity index is 2.80. The van der Waals surface area contributed by atoms with Gasteiger partial charge in [-0.3, -0.25) is 9.59 Å². The zero-order valence-corrected chi connectivity index (χ0v) is 12.2. The summed E-state index contributed by atoms with van der Waals surface area (Å²) in [6, 6.07) is 3.55. The zero-order chi connectivity index (χ0) is 14.6. The number of amides is 2. The van der Waals surface area contributed by atoms with Crippen LogP contribution in [-0.4, -0.2) is 33.8 Å². The second kappa shape index (κ2) is 5.82. The van der Waals surface area contributed by atoms with Crippen molar-refractivity contribution in [3.05, 3.63) is 23.9 Å². The molecule has 2 amide bonds. The van der Waals surface area contributed by atoms with E-state index < -0.39 is 11.8 Å². The van der Waals surface area contributed by atoms with Crippen LogP contribution in [0.1, 0.15) is 33.3 Å². The van der Waals surface area contributed by atoms with Gasteiger partial charge in [0.15, 0.2) is 0 Å². The molecule has 5 nitrogen and oxygen atoms in total. The average molecular weight is 263 g/mol. The Bertz CT molecular complexity index is 478. The van der Waals surface area contributed by atoms with Crippen molar-refractivity contribution < 1.29 is 9.59 Å². The molecule has 0 bridgehead atoms. The number of anilines is 1. The van der Waals surface area contributed by atoms with Gasteiger partial charge in [-0.25, -0.2) is 4.98 Å². The molecule has 104 valence electrons. The number of nitrogens with one attached hydrogen (secondary N) is 1. The molecular weight excluding hydrogens is 242 g/mol. The third-order valence-corrected chi connectivity index (χ3v) is 2.72. The first kappa shape index (κ1) is 15.1. The van der Waals surface area contributed by atoms with Crippen molar-refractivity contribution in [2.24, 2.45) is 0 Å². The fourth-order valence-electron chi connectivity index (χ4n) is 1.82. The minimum atomic E-state index is -0.658. The van der Waals surface area contributed by atoms with Gasteiger partial charge in [0.1, 0.15) is 5.82 Å². The maximum atomic E-state index is 12.1. The fourth-order valence-corrected chi connectivity index (χ4v) is 1.82. The molecule has 1 aromatic heterocycles. The van der Waals surface area contributed by atoms with E-state index in [1.807, 2.05) is 40.7 Å². The smallest absolute Gasteiger partial charge is 0.315 e. The summed E-state index contributed by atoms with van der Waals surface area (Å²) in [5, 5.41) is 2.53. The first-order valence-corrected chi connectivity index (χ1v) is 6.31. The highest BCUT2D eigenvalue weighted by atomic mass is 16.2. The first-order chi connectivity index (χ1) is 8.75. The second-order valence-electron chi connectivity index (χ2n) is 5.39. The monoisotopic (exact) mass is 263 g/mol. The van der Waals surface area contributed by atoms with Crippen LogP contribution in [0.3, 0.4) is 0 Å². The van der Waals surface area contributed by atoms with Gasteiger partial charge in [-0.05, 0) is 52.3 Å². The van der Waals surface area contributed by atoms with Crippen LogP contribution in [-0.2, 0) is 9.59 Å². The van der Waals surface area contributed by atoms with Crippen LogP contribution in [0.15, 0.2) is 18.3 Å². The Kier molecular flexibility index (Phi) is 4.64. The van der Waals surface area contributed by atoms with E-state index in [2.05, 4.69) is 10.3 Å². The van der Waals surface area contributed by atoms with Crippen molar-refractivity contribution in [3.63, 3.8) is 0 Å². The van der Waals surface area contributed by atoms with Gasteiger partial charge < -0.3 is 10.2 Å². The predicted octanol–water partition coefficient (Wildman–Crippen LogP) is 1.98. The Labute approximate surface area is 114 Å². The van der Waals surface area contributed by atoms with E-state index in [9.17, 15) is 9.59 Å². The molecule has 0 aromatic carbocycles. The number of pyridine rings is 1. The summed E-state index contributed by atoms with van der Waals surface area (Å²) in [5.74, 6) is -0.809. The van der Waals surface area contributed by atoms with E-state index in [1.54, 1.807) is 12.3 Å². The summed E-state index contributed by atoms with van der Waals surface area (Å²) < 4.78 is 0. The van der Waals surface area contributed by atoms with Gasteiger partial charge in [-0.2, -0.15) is 0 Å². The molecule has 0 fully saturated rings. The molecule has 0 saturated carbocycles. The molecule has 0 radical (unpaired) electrons. The summed E-state index contributed by atoms with van der Waals surface area (Å²) in [6.07, 6.45) is 1.59. The van der Waals surface area contributed by atoms with Gasteiger partial charge >= 0.3 is 11.8 Å². The maximum Gasteiger partial charge on any atom is 0.315 e. The third-order valence-electron chi connectivity index (χ3n) is 2.72. The van der Waals surface area contributed by atoms with E-state index >= 15 is 0 Å². The SMILES string of the molecule is CCN(C(=O)C(=O)Nc1cc(C)ccn1)C(C)(C)C. The maximum absolute atomic E-state index is 12.1. The number of likely N-dealkylation sites (N-methyl/N-ethyl adjacent to an activating group) is 1. The number of hydrogen-bond donors (Lipinski definition) is 1. The predicted molar refractivity (Wildman–Crippen MR) is 74.7 cm³/mol. The van der Waals surface area contributed by atoms with Gasteiger partial charge in [0, 0.05) is 18.3 Å². The zero-order valence-electron chi connectivity index (χ0n) is 12.2. The van der Waals surface area contributed by atoms with Crippen LogP contribution >= 0.6 is 0 Å². The summed E-state index contributed by atoms with van der Waals surface area (Å²) in [5.41, 5.74) is 0.587. The van der Waals surface area contributed by atoms with Gasteiger partial charge in [0.2, 0.25) is 0 Å². The van der Waals surface area contributed by atoms with Crippen molar-refractivity contribution >= 4 is 17.6 Å². The number of rotatable bonds is 2. The topological polar surface area (TPSA) is 62.3 Å². The lowest BCUT2D eigenvalue weighted by Crippen LogP contribution is -2.49. The second-order valence-corrected chi connectivity index (χ2v) is 5.39. The number of aryl methyl sites for hydroxylation is 1. The number of aromatic nitrogens is 1. The minimum Gasteiger partial charge on any atom is -0.330 e. The van der Waals surface area contributed by atoms with Gasteiger partial charge in [-0.1, -0.05) is 0 Å². The third kappa shape index (κ3) is 4.05. The lowest BCUT2D eigenvalue weighted by Gasteiger charge is -2.34. The molecule has 0 saturated heterocycles. The van der Waals surface area contributed by atoms with E-state index in [1.165, 1.54) is 4.90 Å². The molecule has 1 rings (SSSR count). The fraction of sp³-hybridized carbons (Fsp3) is 0.500. The molecule has 1 aromatic rings. The quantitative estimate of drug-likeness (QED) is 0.830. The highest BCUT2D eigenvalue weighted by Gasteiger charge is 2.29. The van der Waals surface area contributed by atoms with E-state index in [-0.39, 0.29) is 5.54 Å². The molecule has 0 unspecified atom stereocenters. The molecule has 0 atom stereocenters. The molecular formula is C14H21N3O2. The number of carbonyl (C=O) groups excluding carboxylic acids is 2. The van der Waals surface area contributed by atoms with Crippen LogP contribution in [0.5, 0.6) is 0 Å². The van der Waals surface area contributed by atoms with Crippen LogP contribution in [0.4, 0.5) is 5.82 Å². The Hall–Kier alpha value is -1.91. The van der Waals surface area contributed by atoms with Crippen LogP contribution in [0.25, 0.3) is 0 Å². The van der Waals surface area contributed by atoms with E-state index in [0.29, 0.717) is 12.4 Å². The van der Waals surface area contributed by atoms with Crippen molar-refractivity contribution in [2.75, 3.05) is 11.9 Å². The molecule has 0 aliphatic heterocycles. The first-order valence-electron chi connectivity index (χ1n) is 6.31. The van der Waals surface area contributed by atoms with Crippen molar-refractivity contribution in [1.82, 2.24) is 9.88 Å². The summed E-state index contributed by atoms with van der Waals surface area (Å²) in [4.78, 5) is 29.6. The van der Waals surface area contributed by atoms with Gasteiger partial charge in [-0.15, -0.1) is 0 Å². The van der Waals surface area contributed by atoms with E-state index in [0.717, 1.165) is 5.56 Å². The highest BCUT2D eigenvalue weighted by Crippen LogP contribution is 2.14. The molecule has 1 heterocycles. The summed E-state index contributed by atoms with van der Waals surface area (Å²) in [6.45, 7) is 9.91. The normalized spacial score (nSPS) is 11.0. The van der Waals surface area contributed by atoms with Gasteiger partial charge in [0.25, 0.3) is 0 Å². The molecule has 0 aliphatic rings. The number of hydrogen-bond acceptors (Lipinski definition) is 3. The lowest BCUT2D eigenvalue weighted by molar-refractivity contribution is -0.146. The molecule has 5 heteroatoms. The van der Waals surface area contributed by atoms with Crippen LogP contribution in [0.2, 0.25) is 0 Å².